The van der Waals surface area contributed by atoms with Crippen molar-refractivity contribution in [1.29, 1.82) is 0 Å². The molecule has 0 atom stereocenters. The number of hydrogen-bond acceptors (Lipinski definition) is 2. The molecule has 0 aliphatic rings. The Hall–Kier alpha value is -1.28. The molecule has 0 fully saturated rings. The molecule has 0 bridgehead atoms. The standard InChI is InChI=1S/C16H25NO/c1-12(2)14-8-7-9-15(13(3)4)16(14)18-11-6-5-10-17/h5-9,12-13H,10-11,17H2,1-4H3. The molecule has 1 aromatic rings. The summed E-state index contributed by atoms with van der Waals surface area (Å²) < 4.78 is 5.95. The predicted molar refractivity (Wildman–Crippen MR) is 78.3 cm³/mol. The van der Waals surface area contributed by atoms with Gasteiger partial charge in [0.15, 0.2) is 0 Å². The van der Waals surface area contributed by atoms with Gasteiger partial charge in [0.05, 0.1) is 0 Å². The fourth-order valence-electron chi connectivity index (χ4n) is 1.95. The Morgan fingerprint density at radius 1 is 1.06 bits per heavy atom. The van der Waals surface area contributed by atoms with E-state index >= 15 is 0 Å². The van der Waals surface area contributed by atoms with Gasteiger partial charge in [0.25, 0.3) is 0 Å². The second kappa shape index (κ2) is 7.22. The molecule has 2 nitrogen and oxygen atoms in total. The van der Waals surface area contributed by atoms with Crippen LogP contribution in [0.2, 0.25) is 0 Å². The van der Waals surface area contributed by atoms with E-state index in [2.05, 4.69) is 45.9 Å². The number of para-hydroxylation sites is 1. The van der Waals surface area contributed by atoms with Crippen LogP contribution in [-0.2, 0) is 0 Å². The third-order valence-corrected chi connectivity index (χ3v) is 2.95. The number of ether oxygens (including phenoxy) is 1. The molecule has 0 saturated heterocycles. The summed E-state index contributed by atoms with van der Waals surface area (Å²) in [6, 6.07) is 6.42. The van der Waals surface area contributed by atoms with Crippen molar-refractivity contribution in [2.45, 2.75) is 39.5 Å². The molecule has 0 spiro atoms. The first-order valence-electron chi connectivity index (χ1n) is 6.68. The van der Waals surface area contributed by atoms with Crippen LogP contribution in [0.25, 0.3) is 0 Å². The van der Waals surface area contributed by atoms with Crippen LogP contribution >= 0.6 is 0 Å². The Balaban J connectivity index is 2.99. The van der Waals surface area contributed by atoms with Crippen molar-refractivity contribution < 1.29 is 4.74 Å². The highest BCUT2D eigenvalue weighted by Gasteiger charge is 2.14. The molecule has 18 heavy (non-hydrogen) atoms. The monoisotopic (exact) mass is 247 g/mol. The van der Waals surface area contributed by atoms with Crippen LogP contribution in [0.3, 0.4) is 0 Å². The van der Waals surface area contributed by atoms with Crippen molar-refractivity contribution in [3.05, 3.63) is 41.5 Å². The first kappa shape index (κ1) is 14.8. The van der Waals surface area contributed by atoms with Crippen molar-refractivity contribution in [3.8, 4) is 5.75 Å². The zero-order valence-electron chi connectivity index (χ0n) is 11.9. The Morgan fingerprint density at radius 2 is 1.61 bits per heavy atom. The maximum absolute atomic E-state index is 5.95. The van der Waals surface area contributed by atoms with E-state index in [1.807, 2.05) is 12.2 Å². The minimum atomic E-state index is 0.470. The Kier molecular flexibility index (Phi) is 5.93. The van der Waals surface area contributed by atoms with Crippen LogP contribution in [0.15, 0.2) is 30.4 Å². The molecule has 100 valence electrons. The third-order valence-electron chi connectivity index (χ3n) is 2.95. The summed E-state index contributed by atoms with van der Waals surface area (Å²) >= 11 is 0. The quantitative estimate of drug-likeness (QED) is 0.775. The van der Waals surface area contributed by atoms with Gasteiger partial charge in [-0.2, -0.15) is 0 Å². The minimum absolute atomic E-state index is 0.470. The van der Waals surface area contributed by atoms with Gasteiger partial charge in [0.1, 0.15) is 12.4 Å². The minimum Gasteiger partial charge on any atom is -0.489 e. The second-order valence-electron chi connectivity index (χ2n) is 5.09. The van der Waals surface area contributed by atoms with Crippen LogP contribution < -0.4 is 10.5 Å². The molecule has 0 unspecified atom stereocenters. The highest BCUT2D eigenvalue weighted by atomic mass is 16.5. The van der Waals surface area contributed by atoms with Gasteiger partial charge in [-0.05, 0) is 23.0 Å². The average molecular weight is 247 g/mol. The number of hydrogen-bond donors (Lipinski definition) is 1. The van der Waals surface area contributed by atoms with Gasteiger partial charge in [-0.1, -0.05) is 58.0 Å². The second-order valence-corrected chi connectivity index (χ2v) is 5.09. The molecule has 1 aromatic carbocycles. The number of rotatable bonds is 6. The van der Waals surface area contributed by atoms with Gasteiger partial charge in [0, 0.05) is 6.54 Å². The summed E-state index contributed by atoms with van der Waals surface area (Å²) in [6.07, 6.45) is 3.90. The van der Waals surface area contributed by atoms with Gasteiger partial charge < -0.3 is 10.5 Å². The SMILES string of the molecule is CC(C)c1cccc(C(C)C)c1OCC=CCN. The van der Waals surface area contributed by atoms with Gasteiger partial charge in [0.2, 0.25) is 0 Å². The van der Waals surface area contributed by atoms with Crippen molar-refractivity contribution in [2.75, 3.05) is 13.2 Å². The summed E-state index contributed by atoms with van der Waals surface area (Å²) in [5, 5.41) is 0. The zero-order chi connectivity index (χ0) is 13.5. The van der Waals surface area contributed by atoms with Crippen LogP contribution in [0, 0.1) is 0 Å². The van der Waals surface area contributed by atoms with Crippen molar-refractivity contribution in [2.24, 2.45) is 5.73 Å². The van der Waals surface area contributed by atoms with Gasteiger partial charge >= 0.3 is 0 Å². The molecule has 0 heterocycles. The van der Waals surface area contributed by atoms with Gasteiger partial charge in [-0.15, -0.1) is 0 Å². The lowest BCUT2D eigenvalue weighted by molar-refractivity contribution is 0.351. The lowest BCUT2D eigenvalue weighted by Gasteiger charge is -2.19. The summed E-state index contributed by atoms with van der Waals surface area (Å²) in [7, 11) is 0. The molecule has 2 N–H and O–H groups in total. The number of benzene rings is 1. The molecule has 0 aliphatic heterocycles. The topological polar surface area (TPSA) is 35.2 Å². The van der Waals surface area contributed by atoms with Gasteiger partial charge in [-0.25, -0.2) is 0 Å². The first-order valence-corrected chi connectivity index (χ1v) is 6.68. The third kappa shape index (κ3) is 3.88. The predicted octanol–water partition coefficient (Wildman–Crippen LogP) is 3.83. The number of nitrogens with two attached hydrogens (primary N) is 1. The van der Waals surface area contributed by atoms with E-state index in [0.29, 0.717) is 25.0 Å². The molecule has 0 saturated carbocycles. The van der Waals surface area contributed by atoms with Crippen LogP contribution in [0.5, 0.6) is 5.75 Å². The molecule has 1 rings (SSSR count). The molecule has 2 heteroatoms. The zero-order valence-corrected chi connectivity index (χ0v) is 11.9. The normalized spacial score (nSPS) is 11.7. The molecular weight excluding hydrogens is 222 g/mol. The van der Waals surface area contributed by atoms with Crippen LogP contribution in [-0.4, -0.2) is 13.2 Å². The average Bonchev–Trinajstić information content (AvgIpc) is 2.34. The Labute approximate surface area is 111 Å². The lowest BCUT2D eigenvalue weighted by Crippen LogP contribution is -2.04. The van der Waals surface area contributed by atoms with Crippen molar-refractivity contribution in [3.63, 3.8) is 0 Å². The van der Waals surface area contributed by atoms with Gasteiger partial charge in [-0.3, -0.25) is 0 Å². The smallest absolute Gasteiger partial charge is 0.126 e. The maximum Gasteiger partial charge on any atom is 0.126 e. The van der Waals surface area contributed by atoms with E-state index < -0.39 is 0 Å². The Morgan fingerprint density at radius 3 is 2.06 bits per heavy atom. The maximum atomic E-state index is 5.95. The van der Waals surface area contributed by atoms with Crippen molar-refractivity contribution >= 4 is 0 Å². The summed E-state index contributed by atoms with van der Waals surface area (Å²) in [5.74, 6) is 1.98. The van der Waals surface area contributed by atoms with Crippen LogP contribution in [0.1, 0.15) is 50.7 Å². The summed E-state index contributed by atoms with van der Waals surface area (Å²) in [4.78, 5) is 0. The molecule has 0 amide bonds. The van der Waals surface area contributed by atoms with Crippen LogP contribution in [0.4, 0.5) is 0 Å². The van der Waals surface area contributed by atoms with E-state index in [1.165, 1.54) is 11.1 Å². The summed E-state index contributed by atoms with van der Waals surface area (Å²) in [5.41, 5.74) is 7.98. The highest BCUT2D eigenvalue weighted by molar-refractivity contribution is 5.44. The summed E-state index contributed by atoms with van der Waals surface area (Å²) in [6.45, 7) is 9.93. The lowest BCUT2D eigenvalue weighted by atomic mass is 9.94. The van der Waals surface area contributed by atoms with E-state index in [-0.39, 0.29) is 0 Å². The Bertz CT molecular complexity index is 368. The molecule has 0 radical (unpaired) electrons. The fourth-order valence-corrected chi connectivity index (χ4v) is 1.95. The molecule has 0 aliphatic carbocycles. The van der Waals surface area contributed by atoms with E-state index in [1.54, 1.807) is 0 Å². The highest BCUT2D eigenvalue weighted by Crippen LogP contribution is 2.34. The largest absolute Gasteiger partial charge is 0.489 e. The molecular formula is C16H25NO. The first-order chi connectivity index (χ1) is 8.57. The van der Waals surface area contributed by atoms with E-state index in [0.717, 1.165) is 5.75 Å². The molecule has 0 aromatic heterocycles. The van der Waals surface area contributed by atoms with E-state index in [4.69, 9.17) is 10.5 Å². The van der Waals surface area contributed by atoms with E-state index in [9.17, 15) is 0 Å². The van der Waals surface area contributed by atoms with Crippen molar-refractivity contribution in [1.82, 2.24) is 0 Å². The fraction of sp³-hybridized carbons (Fsp3) is 0.500.